The molecule has 0 spiro atoms. The number of benzene rings is 3. The van der Waals surface area contributed by atoms with Crippen LogP contribution in [0.15, 0.2) is 60.7 Å². The largest absolute Gasteiger partial charge is 0.585 e. The average molecular weight is 514 g/mol. The van der Waals surface area contributed by atoms with Crippen molar-refractivity contribution < 1.29 is 42.7 Å². The van der Waals surface area contributed by atoms with Gasteiger partial charge in [0, 0.05) is 12.0 Å². The van der Waals surface area contributed by atoms with E-state index in [-0.39, 0.29) is 29.5 Å². The molecule has 3 aromatic rings. The van der Waals surface area contributed by atoms with Crippen LogP contribution in [-0.2, 0) is 15.8 Å². The molecule has 36 heavy (non-hydrogen) atoms. The van der Waals surface area contributed by atoms with E-state index in [1.165, 1.54) is 19.2 Å². The molecule has 0 radical (unpaired) electrons. The summed E-state index contributed by atoms with van der Waals surface area (Å²) in [6, 6.07) is 16.2. The number of rotatable bonds is 12. The van der Waals surface area contributed by atoms with E-state index in [4.69, 9.17) is 23.6 Å². The number of hydrogen-bond donors (Lipinski definition) is 2. The molecule has 0 amide bonds. The molecule has 0 aliphatic carbocycles. The lowest BCUT2D eigenvalue weighted by Gasteiger charge is -2.17. The van der Waals surface area contributed by atoms with Gasteiger partial charge in [0.2, 0.25) is 0 Å². The minimum Gasteiger partial charge on any atom is -0.493 e. The van der Waals surface area contributed by atoms with Crippen molar-refractivity contribution in [2.45, 2.75) is 26.7 Å². The molecule has 3 rings (SSSR count). The molecule has 0 saturated carbocycles. The summed E-state index contributed by atoms with van der Waals surface area (Å²) in [6.07, 6.45) is 0.533. The van der Waals surface area contributed by atoms with E-state index in [0.29, 0.717) is 17.7 Å². The number of methoxy groups -OCH3 is 1. The van der Waals surface area contributed by atoms with E-state index < -0.39 is 20.4 Å². The Balaban J connectivity index is 1.65. The van der Waals surface area contributed by atoms with E-state index in [1.807, 2.05) is 19.9 Å². The van der Waals surface area contributed by atoms with Crippen LogP contribution in [0.5, 0.6) is 23.0 Å². The minimum absolute atomic E-state index is 0.0195. The van der Waals surface area contributed by atoms with E-state index in [1.54, 1.807) is 42.5 Å². The number of carboxylic acid groups (broad SMARTS) is 1. The highest BCUT2D eigenvalue weighted by atomic mass is 31.2. The maximum Gasteiger partial charge on any atom is 0.585 e. The fraction of sp³-hybridized carbons (Fsp3) is 0.231. The molecule has 2 N–H and O–H groups in total. The number of carboxylic acids is 1. The Bertz CT molecular complexity index is 1280. The lowest BCUT2D eigenvalue weighted by Crippen LogP contribution is -2.10. The predicted octanol–water partition coefficient (Wildman–Crippen LogP) is 5.15. The van der Waals surface area contributed by atoms with Gasteiger partial charge in [0.05, 0.1) is 7.11 Å². The van der Waals surface area contributed by atoms with Gasteiger partial charge in [-0.3, -0.25) is 9.69 Å². The summed E-state index contributed by atoms with van der Waals surface area (Å²) in [7, 11) is -3.11. The van der Waals surface area contributed by atoms with Crippen LogP contribution < -0.4 is 18.5 Å². The van der Waals surface area contributed by atoms with Crippen LogP contribution in [0.1, 0.15) is 33.5 Å². The molecular formula is C26H27O9P. The van der Waals surface area contributed by atoms with Crippen molar-refractivity contribution in [1.29, 1.82) is 0 Å². The van der Waals surface area contributed by atoms with E-state index >= 15 is 0 Å². The summed E-state index contributed by atoms with van der Waals surface area (Å²) in [5, 5.41) is 8.73. The van der Waals surface area contributed by atoms with Gasteiger partial charge < -0.3 is 23.6 Å². The first-order valence-corrected chi connectivity index (χ1v) is 12.5. The van der Waals surface area contributed by atoms with Crippen molar-refractivity contribution in [2.24, 2.45) is 0 Å². The summed E-state index contributed by atoms with van der Waals surface area (Å²) in [5.41, 5.74) is 2.89. The molecule has 0 aliphatic rings. The van der Waals surface area contributed by atoms with Crippen LogP contribution in [0.25, 0.3) is 0 Å². The second-order valence-electron chi connectivity index (χ2n) is 8.09. The van der Waals surface area contributed by atoms with Gasteiger partial charge in [0.1, 0.15) is 11.5 Å². The van der Waals surface area contributed by atoms with Crippen molar-refractivity contribution in [2.75, 3.05) is 13.7 Å². The molecule has 190 valence electrons. The molecule has 0 fully saturated rings. The number of hydrogen-bond acceptors (Lipinski definition) is 7. The van der Waals surface area contributed by atoms with Crippen LogP contribution in [0.3, 0.4) is 0 Å². The number of ether oxygens (including phenoxy) is 2. The molecule has 3 aromatic carbocycles. The Morgan fingerprint density at radius 1 is 0.889 bits per heavy atom. The Labute approximate surface area is 208 Å². The van der Waals surface area contributed by atoms with Crippen LogP contribution in [0, 0.1) is 13.8 Å². The number of Topliss-reactive ketones (excluding diaryl/α,β-unsaturated/α-hetero) is 1. The number of phosphoric acid groups is 1. The zero-order chi connectivity index (χ0) is 26.3. The third kappa shape index (κ3) is 7.86. The third-order valence-corrected chi connectivity index (χ3v) is 5.89. The molecular weight excluding hydrogens is 487 g/mol. The van der Waals surface area contributed by atoms with Crippen molar-refractivity contribution in [3.63, 3.8) is 0 Å². The molecule has 0 bridgehead atoms. The Kier molecular flexibility index (Phi) is 8.74. The van der Waals surface area contributed by atoms with Crippen molar-refractivity contribution in [3.8, 4) is 23.0 Å². The zero-order valence-electron chi connectivity index (χ0n) is 20.1. The summed E-state index contributed by atoms with van der Waals surface area (Å²) in [5.74, 6) is -0.527. The van der Waals surface area contributed by atoms with Gasteiger partial charge in [-0.2, -0.15) is 0 Å². The van der Waals surface area contributed by atoms with E-state index in [2.05, 4.69) is 0 Å². The van der Waals surface area contributed by atoms with Gasteiger partial charge in [0.15, 0.2) is 23.9 Å². The van der Waals surface area contributed by atoms with Gasteiger partial charge in [-0.1, -0.05) is 24.3 Å². The predicted molar refractivity (Wildman–Crippen MR) is 132 cm³/mol. The highest BCUT2D eigenvalue weighted by Crippen LogP contribution is 2.47. The van der Waals surface area contributed by atoms with Crippen LogP contribution in [0.4, 0.5) is 0 Å². The molecule has 0 heterocycles. The summed E-state index contributed by atoms with van der Waals surface area (Å²) >= 11 is 0. The monoisotopic (exact) mass is 514 g/mol. The van der Waals surface area contributed by atoms with Gasteiger partial charge in [0.25, 0.3) is 0 Å². The standard InChI is InChI=1S/C26H27O9P/c1-17-11-18(2)13-22(12-17)34-36(30,31)35-24-10-8-19(14-25(24)32-3)7-9-23(27)20-5-4-6-21(15-20)33-16-26(28)29/h4-6,8,10-15H,7,9,16H2,1-3H3,(H,28,29)(H,30,31). The van der Waals surface area contributed by atoms with Gasteiger partial charge >= 0.3 is 13.8 Å². The quantitative estimate of drug-likeness (QED) is 0.249. The molecule has 10 heteroatoms. The number of ketones is 1. The minimum atomic E-state index is -4.50. The fourth-order valence-corrected chi connectivity index (χ4v) is 4.32. The van der Waals surface area contributed by atoms with Crippen LogP contribution in [0.2, 0.25) is 0 Å². The van der Waals surface area contributed by atoms with Crippen molar-refractivity contribution in [3.05, 3.63) is 82.9 Å². The normalized spacial score (nSPS) is 12.3. The second kappa shape index (κ2) is 11.7. The average Bonchev–Trinajstić information content (AvgIpc) is 2.80. The molecule has 1 atom stereocenters. The molecule has 0 aromatic heterocycles. The highest BCUT2D eigenvalue weighted by Gasteiger charge is 2.27. The maximum atomic E-state index is 12.6. The number of carbonyl (C=O) groups is 2. The first kappa shape index (κ1) is 26.8. The molecule has 1 unspecified atom stereocenters. The fourth-order valence-electron chi connectivity index (χ4n) is 3.51. The van der Waals surface area contributed by atoms with Gasteiger partial charge in [-0.05, 0) is 73.4 Å². The number of aryl methyl sites for hydroxylation is 3. The number of aliphatic carboxylic acids is 1. The van der Waals surface area contributed by atoms with E-state index in [9.17, 15) is 19.0 Å². The Morgan fingerprint density at radius 3 is 2.28 bits per heavy atom. The smallest absolute Gasteiger partial charge is 0.493 e. The van der Waals surface area contributed by atoms with Gasteiger partial charge in [-0.15, -0.1) is 0 Å². The number of carbonyl (C=O) groups excluding carboxylic acids is 1. The highest BCUT2D eigenvalue weighted by molar-refractivity contribution is 7.48. The summed E-state index contributed by atoms with van der Waals surface area (Å²) < 4.78 is 33.5. The lowest BCUT2D eigenvalue weighted by atomic mass is 10.0. The SMILES string of the molecule is COc1cc(CCC(=O)c2cccc(OCC(=O)O)c2)ccc1OP(=O)(O)Oc1cc(C)cc(C)c1. The summed E-state index contributed by atoms with van der Waals surface area (Å²) in [6.45, 7) is 3.20. The first-order chi connectivity index (χ1) is 17.0. The first-order valence-electron chi connectivity index (χ1n) is 11.0. The molecule has 0 aliphatic heterocycles. The topological polar surface area (TPSA) is 129 Å². The van der Waals surface area contributed by atoms with Crippen molar-refractivity contribution in [1.82, 2.24) is 0 Å². The second-order valence-corrected chi connectivity index (χ2v) is 9.40. The number of phosphoric ester groups is 1. The third-order valence-electron chi connectivity index (χ3n) is 5.02. The molecule has 0 saturated heterocycles. The van der Waals surface area contributed by atoms with Crippen LogP contribution in [-0.4, -0.2) is 35.5 Å². The Hall–Kier alpha value is -3.81. The van der Waals surface area contributed by atoms with Gasteiger partial charge in [-0.25, -0.2) is 9.36 Å². The molecule has 9 nitrogen and oxygen atoms in total. The lowest BCUT2D eigenvalue weighted by molar-refractivity contribution is -0.139. The maximum absolute atomic E-state index is 12.6. The Morgan fingerprint density at radius 2 is 1.61 bits per heavy atom. The summed E-state index contributed by atoms with van der Waals surface area (Å²) in [4.78, 5) is 33.5. The van der Waals surface area contributed by atoms with E-state index in [0.717, 1.165) is 16.7 Å². The zero-order valence-corrected chi connectivity index (χ0v) is 21.0. The van der Waals surface area contributed by atoms with Crippen molar-refractivity contribution >= 4 is 19.6 Å². The van der Waals surface area contributed by atoms with Crippen LogP contribution >= 0.6 is 7.82 Å².